The molecule has 1 aliphatic carbocycles. The predicted molar refractivity (Wildman–Crippen MR) is 67.8 cm³/mol. The van der Waals surface area contributed by atoms with Gasteiger partial charge in [-0.2, -0.15) is 0 Å². The average molecular weight is 240 g/mol. The number of esters is 1. The molecule has 0 spiro atoms. The van der Waals surface area contributed by atoms with E-state index in [1.807, 2.05) is 0 Å². The summed E-state index contributed by atoms with van der Waals surface area (Å²) in [7, 11) is 0. The van der Waals surface area contributed by atoms with Crippen LogP contribution in [0.25, 0.3) is 0 Å². The molecule has 0 bridgehead atoms. The molecule has 98 valence electrons. The Balaban J connectivity index is 2.17. The second-order valence-corrected chi connectivity index (χ2v) is 4.81. The molecule has 1 aliphatic rings. The van der Waals surface area contributed by atoms with Gasteiger partial charge in [0.05, 0.1) is 6.10 Å². The SMILES string of the molecule is C=C(C)C(=O)OC1CCC(OCCCC)CC1. The van der Waals surface area contributed by atoms with Gasteiger partial charge in [0, 0.05) is 12.2 Å². The van der Waals surface area contributed by atoms with Crippen molar-refractivity contribution in [2.75, 3.05) is 6.61 Å². The van der Waals surface area contributed by atoms with Crippen molar-refractivity contribution >= 4 is 5.97 Å². The number of hydrogen-bond acceptors (Lipinski definition) is 3. The standard InChI is InChI=1S/C14H24O3/c1-4-5-10-16-12-6-8-13(9-7-12)17-14(15)11(2)3/h12-13H,2,4-10H2,1,3H3. The first-order valence-corrected chi connectivity index (χ1v) is 6.61. The summed E-state index contributed by atoms with van der Waals surface area (Å²) in [6, 6.07) is 0. The van der Waals surface area contributed by atoms with Crippen LogP contribution in [0, 0.1) is 0 Å². The highest BCUT2D eigenvalue weighted by Gasteiger charge is 2.24. The van der Waals surface area contributed by atoms with E-state index in [0.717, 1.165) is 38.7 Å². The molecule has 17 heavy (non-hydrogen) atoms. The summed E-state index contributed by atoms with van der Waals surface area (Å²) < 4.78 is 11.1. The molecule has 0 aromatic heterocycles. The van der Waals surface area contributed by atoms with Crippen molar-refractivity contribution < 1.29 is 14.3 Å². The number of ether oxygens (including phenoxy) is 2. The van der Waals surface area contributed by atoms with E-state index in [2.05, 4.69) is 13.5 Å². The molecule has 3 nitrogen and oxygen atoms in total. The zero-order valence-electron chi connectivity index (χ0n) is 11.0. The Morgan fingerprint density at radius 2 is 1.82 bits per heavy atom. The highest BCUT2D eigenvalue weighted by Crippen LogP contribution is 2.24. The van der Waals surface area contributed by atoms with E-state index in [9.17, 15) is 4.79 Å². The zero-order chi connectivity index (χ0) is 12.7. The normalized spacial score (nSPS) is 24.4. The molecule has 0 amide bonds. The van der Waals surface area contributed by atoms with E-state index in [0.29, 0.717) is 11.7 Å². The van der Waals surface area contributed by atoms with E-state index in [1.165, 1.54) is 6.42 Å². The molecule has 0 unspecified atom stereocenters. The molecule has 0 atom stereocenters. The Morgan fingerprint density at radius 3 is 2.35 bits per heavy atom. The molecule has 0 N–H and O–H groups in total. The highest BCUT2D eigenvalue weighted by molar-refractivity contribution is 5.87. The highest BCUT2D eigenvalue weighted by atomic mass is 16.5. The summed E-state index contributed by atoms with van der Waals surface area (Å²) in [5.74, 6) is -0.264. The van der Waals surface area contributed by atoms with E-state index in [1.54, 1.807) is 6.92 Å². The number of rotatable bonds is 6. The number of carbonyl (C=O) groups excluding carboxylic acids is 1. The molecule has 1 fully saturated rings. The maximum absolute atomic E-state index is 11.4. The molecule has 1 rings (SSSR count). The van der Waals surface area contributed by atoms with Crippen molar-refractivity contribution in [3.63, 3.8) is 0 Å². The summed E-state index contributed by atoms with van der Waals surface area (Å²) in [6.45, 7) is 8.29. The van der Waals surface area contributed by atoms with Crippen LogP contribution in [0.3, 0.4) is 0 Å². The zero-order valence-corrected chi connectivity index (χ0v) is 11.0. The second-order valence-electron chi connectivity index (χ2n) is 4.81. The van der Waals surface area contributed by atoms with E-state index in [-0.39, 0.29) is 12.1 Å². The van der Waals surface area contributed by atoms with Gasteiger partial charge in [0.15, 0.2) is 0 Å². The molecule has 0 aromatic rings. The number of unbranched alkanes of at least 4 members (excludes halogenated alkanes) is 1. The topological polar surface area (TPSA) is 35.5 Å². The monoisotopic (exact) mass is 240 g/mol. The lowest BCUT2D eigenvalue weighted by Crippen LogP contribution is -2.28. The molecule has 0 radical (unpaired) electrons. The average Bonchev–Trinajstić information content (AvgIpc) is 2.31. The Labute approximate surface area is 104 Å². The van der Waals surface area contributed by atoms with E-state index < -0.39 is 0 Å². The molecule has 0 saturated heterocycles. The van der Waals surface area contributed by atoms with Crippen LogP contribution in [0.5, 0.6) is 0 Å². The fourth-order valence-corrected chi connectivity index (χ4v) is 1.96. The van der Waals surface area contributed by atoms with Gasteiger partial charge in [-0.3, -0.25) is 0 Å². The van der Waals surface area contributed by atoms with Gasteiger partial charge in [-0.25, -0.2) is 4.79 Å². The van der Waals surface area contributed by atoms with Crippen LogP contribution < -0.4 is 0 Å². The largest absolute Gasteiger partial charge is 0.459 e. The third kappa shape index (κ3) is 5.35. The van der Waals surface area contributed by atoms with Gasteiger partial charge >= 0.3 is 5.97 Å². The van der Waals surface area contributed by atoms with Crippen LogP contribution in [-0.4, -0.2) is 24.8 Å². The van der Waals surface area contributed by atoms with Crippen LogP contribution in [0.1, 0.15) is 52.4 Å². The van der Waals surface area contributed by atoms with Gasteiger partial charge in [-0.15, -0.1) is 0 Å². The quantitative estimate of drug-likeness (QED) is 0.406. The van der Waals surface area contributed by atoms with E-state index in [4.69, 9.17) is 9.47 Å². The summed E-state index contributed by atoms with van der Waals surface area (Å²) in [6.07, 6.45) is 6.55. The van der Waals surface area contributed by atoms with Crippen molar-refractivity contribution in [3.05, 3.63) is 12.2 Å². The second kappa shape index (κ2) is 7.49. The Bertz CT molecular complexity index is 252. The fraction of sp³-hybridized carbons (Fsp3) is 0.786. The van der Waals surface area contributed by atoms with E-state index >= 15 is 0 Å². The first-order chi connectivity index (χ1) is 8.13. The van der Waals surface area contributed by atoms with Crippen molar-refractivity contribution in [2.45, 2.75) is 64.6 Å². The summed E-state index contributed by atoms with van der Waals surface area (Å²) in [5.41, 5.74) is 0.478. The van der Waals surface area contributed by atoms with Crippen LogP contribution in [0.15, 0.2) is 12.2 Å². The molecule has 3 heteroatoms. The third-order valence-corrected chi connectivity index (χ3v) is 3.09. The summed E-state index contributed by atoms with van der Waals surface area (Å²) >= 11 is 0. The Morgan fingerprint density at radius 1 is 1.24 bits per heavy atom. The van der Waals surface area contributed by atoms with Gasteiger partial charge in [0.1, 0.15) is 6.10 Å². The lowest BCUT2D eigenvalue weighted by atomic mass is 9.95. The van der Waals surface area contributed by atoms with Gasteiger partial charge in [0.25, 0.3) is 0 Å². The summed E-state index contributed by atoms with van der Waals surface area (Å²) in [4.78, 5) is 11.4. The van der Waals surface area contributed by atoms with Crippen LogP contribution >= 0.6 is 0 Å². The molecule has 0 aliphatic heterocycles. The van der Waals surface area contributed by atoms with Crippen LogP contribution in [0.2, 0.25) is 0 Å². The molecule has 0 heterocycles. The molecular weight excluding hydrogens is 216 g/mol. The maximum atomic E-state index is 11.4. The van der Waals surface area contributed by atoms with Crippen LogP contribution in [0.4, 0.5) is 0 Å². The number of hydrogen-bond donors (Lipinski definition) is 0. The van der Waals surface area contributed by atoms with Gasteiger partial charge in [-0.05, 0) is 39.0 Å². The first-order valence-electron chi connectivity index (χ1n) is 6.61. The third-order valence-electron chi connectivity index (χ3n) is 3.09. The van der Waals surface area contributed by atoms with Gasteiger partial charge < -0.3 is 9.47 Å². The summed E-state index contributed by atoms with van der Waals surface area (Å²) in [5, 5.41) is 0. The van der Waals surface area contributed by atoms with Crippen molar-refractivity contribution in [1.82, 2.24) is 0 Å². The molecular formula is C14H24O3. The number of carbonyl (C=O) groups is 1. The van der Waals surface area contributed by atoms with Gasteiger partial charge in [-0.1, -0.05) is 19.9 Å². The Hall–Kier alpha value is -0.830. The predicted octanol–water partition coefficient (Wildman–Crippen LogP) is 3.23. The minimum absolute atomic E-state index is 0.0604. The minimum Gasteiger partial charge on any atom is -0.459 e. The van der Waals surface area contributed by atoms with Crippen LogP contribution in [-0.2, 0) is 14.3 Å². The molecule has 0 aromatic carbocycles. The smallest absolute Gasteiger partial charge is 0.333 e. The van der Waals surface area contributed by atoms with Crippen molar-refractivity contribution in [3.8, 4) is 0 Å². The lowest BCUT2D eigenvalue weighted by Gasteiger charge is -2.28. The lowest BCUT2D eigenvalue weighted by molar-refractivity contribution is -0.147. The van der Waals surface area contributed by atoms with Crippen molar-refractivity contribution in [2.24, 2.45) is 0 Å². The maximum Gasteiger partial charge on any atom is 0.333 e. The Kier molecular flexibility index (Phi) is 6.27. The minimum atomic E-state index is -0.264. The fourth-order valence-electron chi connectivity index (χ4n) is 1.96. The molecule has 1 saturated carbocycles. The first kappa shape index (κ1) is 14.2. The van der Waals surface area contributed by atoms with Gasteiger partial charge in [0.2, 0.25) is 0 Å². The van der Waals surface area contributed by atoms with Crippen molar-refractivity contribution in [1.29, 1.82) is 0 Å².